The number of fused-ring (bicyclic) bond motifs is 1. The van der Waals surface area contributed by atoms with Gasteiger partial charge in [0.2, 0.25) is 0 Å². The van der Waals surface area contributed by atoms with E-state index in [1.54, 1.807) is 0 Å². The van der Waals surface area contributed by atoms with Crippen molar-refractivity contribution in [2.75, 3.05) is 0 Å². The molecule has 0 heterocycles. The lowest BCUT2D eigenvalue weighted by Crippen LogP contribution is -2.31. The minimum absolute atomic E-state index is 0.0741. The summed E-state index contributed by atoms with van der Waals surface area (Å²) in [6.07, 6.45) is 13.3. The highest BCUT2D eigenvalue weighted by Gasteiger charge is 2.38. The Morgan fingerprint density at radius 2 is 2.21 bits per heavy atom. The lowest BCUT2D eigenvalue weighted by Gasteiger charge is -2.32. The SMILES string of the molecule is CCC/C=C(\C)C1=CC[C@@H]2CC=C[C@H](OC(C)=O)[C@H]12. The molecular formula is C17H24O2. The first kappa shape index (κ1) is 14.1. The zero-order chi connectivity index (χ0) is 13.8. The Balaban J connectivity index is 2.17. The zero-order valence-electron chi connectivity index (χ0n) is 12.2. The number of hydrogen-bond donors (Lipinski definition) is 0. The van der Waals surface area contributed by atoms with Crippen LogP contribution >= 0.6 is 0 Å². The first-order valence-corrected chi connectivity index (χ1v) is 7.34. The second-order valence-electron chi connectivity index (χ2n) is 5.59. The largest absolute Gasteiger partial charge is 0.458 e. The molecule has 3 atom stereocenters. The van der Waals surface area contributed by atoms with Crippen molar-refractivity contribution in [1.82, 2.24) is 0 Å². The molecule has 0 saturated heterocycles. The van der Waals surface area contributed by atoms with Gasteiger partial charge in [-0.25, -0.2) is 0 Å². The zero-order valence-corrected chi connectivity index (χ0v) is 12.2. The highest BCUT2D eigenvalue weighted by Crippen LogP contribution is 2.43. The monoisotopic (exact) mass is 260 g/mol. The Morgan fingerprint density at radius 1 is 1.42 bits per heavy atom. The first-order valence-electron chi connectivity index (χ1n) is 7.34. The molecule has 0 unspecified atom stereocenters. The molecule has 0 saturated carbocycles. The van der Waals surface area contributed by atoms with E-state index < -0.39 is 0 Å². The van der Waals surface area contributed by atoms with E-state index in [0.29, 0.717) is 11.8 Å². The van der Waals surface area contributed by atoms with Crippen LogP contribution in [0.1, 0.15) is 46.5 Å². The van der Waals surface area contributed by atoms with Gasteiger partial charge in [0.15, 0.2) is 0 Å². The molecule has 2 aliphatic carbocycles. The number of rotatable bonds is 4. The topological polar surface area (TPSA) is 26.3 Å². The molecule has 0 fully saturated rings. The number of carbonyl (C=O) groups excluding carboxylic acids is 1. The summed E-state index contributed by atoms with van der Waals surface area (Å²) < 4.78 is 5.50. The van der Waals surface area contributed by atoms with Gasteiger partial charge in [0.25, 0.3) is 0 Å². The predicted molar refractivity (Wildman–Crippen MR) is 77.7 cm³/mol. The molecular weight excluding hydrogens is 236 g/mol. The Bertz CT molecular complexity index is 429. The molecule has 0 spiro atoms. The van der Waals surface area contributed by atoms with Gasteiger partial charge in [0.1, 0.15) is 6.10 Å². The molecule has 0 aromatic heterocycles. The molecule has 0 bridgehead atoms. The van der Waals surface area contributed by atoms with Crippen molar-refractivity contribution in [1.29, 1.82) is 0 Å². The van der Waals surface area contributed by atoms with Gasteiger partial charge in [-0.15, -0.1) is 0 Å². The van der Waals surface area contributed by atoms with Crippen LogP contribution in [0.3, 0.4) is 0 Å². The summed E-state index contributed by atoms with van der Waals surface area (Å²) in [6.45, 7) is 5.88. The molecule has 0 aromatic rings. The summed E-state index contributed by atoms with van der Waals surface area (Å²) in [7, 11) is 0. The van der Waals surface area contributed by atoms with Gasteiger partial charge in [-0.1, -0.05) is 37.1 Å². The molecule has 0 amide bonds. The average molecular weight is 260 g/mol. The maximum absolute atomic E-state index is 11.3. The van der Waals surface area contributed by atoms with Crippen LogP contribution < -0.4 is 0 Å². The van der Waals surface area contributed by atoms with Crippen molar-refractivity contribution in [3.63, 3.8) is 0 Å². The number of unbranched alkanes of at least 4 members (excludes halogenated alkanes) is 1. The van der Waals surface area contributed by atoms with E-state index in [1.807, 2.05) is 0 Å². The van der Waals surface area contributed by atoms with E-state index in [-0.39, 0.29) is 12.1 Å². The molecule has 2 rings (SSSR count). The van der Waals surface area contributed by atoms with Crippen LogP contribution in [0.2, 0.25) is 0 Å². The Kier molecular flexibility index (Phi) is 4.62. The standard InChI is InChI=1S/C17H24O2/c1-4-5-7-12(2)15-11-10-14-8-6-9-16(17(14)15)19-13(3)18/h6-7,9,11,14,16-17H,4-5,8,10H2,1-3H3/b12-7+/t14-,16-,17-/m0/s1. The Labute approximate surface area is 116 Å². The van der Waals surface area contributed by atoms with Gasteiger partial charge < -0.3 is 4.74 Å². The van der Waals surface area contributed by atoms with E-state index in [1.165, 1.54) is 24.5 Å². The highest BCUT2D eigenvalue weighted by molar-refractivity contribution is 5.66. The van der Waals surface area contributed by atoms with Gasteiger partial charge >= 0.3 is 5.97 Å². The lowest BCUT2D eigenvalue weighted by molar-refractivity contribution is -0.146. The number of esters is 1. The molecule has 2 nitrogen and oxygen atoms in total. The van der Waals surface area contributed by atoms with E-state index in [0.717, 1.165) is 19.3 Å². The molecule has 0 aromatic carbocycles. The van der Waals surface area contributed by atoms with Crippen molar-refractivity contribution in [3.8, 4) is 0 Å². The van der Waals surface area contributed by atoms with Gasteiger partial charge in [-0.3, -0.25) is 4.79 Å². The first-order chi connectivity index (χ1) is 9.13. The molecule has 0 N–H and O–H groups in total. The second kappa shape index (κ2) is 6.23. The van der Waals surface area contributed by atoms with Crippen LogP contribution in [0.5, 0.6) is 0 Å². The Hall–Kier alpha value is -1.31. The summed E-state index contributed by atoms with van der Waals surface area (Å²) in [6, 6.07) is 0. The summed E-state index contributed by atoms with van der Waals surface area (Å²) in [5.74, 6) is 0.785. The predicted octanol–water partition coefficient (Wildman–Crippen LogP) is 4.19. The van der Waals surface area contributed by atoms with Crippen LogP contribution in [0.4, 0.5) is 0 Å². The second-order valence-corrected chi connectivity index (χ2v) is 5.59. The van der Waals surface area contributed by atoms with E-state index in [9.17, 15) is 4.79 Å². The van der Waals surface area contributed by atoms with E-state index in [2.05, 4.69) is 38.2 Å². The highest BCUT2D eigenvalue weighted by atomic mass is 16.5. The number of hydrogen-bond acceptors (Lipinski definition) is 2. The normalized spacial score (nSPS) is 29.9. The minimum Gasteiger partial charge on any atom is -0.458 e. The van der Waals surface area contributed by atoms with Gasteiger partial charge in [0, 0.05) is 12.8 Å². The van der Waals surface area contributed by atoms with Crippen molar-refractivity contribution < 1.29 is 9.53 Å². The van der Waals surface area contributed by atoms with Crippen LogP contribution in [-0.4, -0.2) is 12.1 Å². The number of carbonyl (C=O) groups is 1. The molecule has 0 radical (unpaired) electrons. The minimum atomic E-state index is -0.184. The third-order valence-corrected chi connectivity index (χ3v) is 4.12. The fourth-order valence-electron chi connectivity index (χ4n) is 3.22. The number of ether oxygens (including phenoxy) is 1. The van der Waals surface area contributed by atoms with Crippen molar-refractivity contribution >= 4 is 5.97 Å². The maximum atomic E-state index is 11.3. The third-order valence-electron chi connectivity index (χ3n) is 4.12. The molecule has 19 heavy (non-hydrogen) atoms. The smallest absolute Gasteiger partial charge is 0.303 e. The van der Waals surface area contributed by atoms with Crippen molar-refractivity contribution in [3.05, 3.63) is 35.5 Å². The van der Waals surface area contributed by atoms with Crippen molar-refractivity contribution in [2.45, 2.75) is 52.6 Å². The summed E-state index contributed by atoms with van der Waals surface area (Å²) in [5, 5.41) is 0. The molecule has 0 aliphatic heterocycles. The fraction of sp³-hybridized carbons (Fsp3) is 0.588. The van der Waals surface area contributed by atoms with E-state index >= 15 is 0 Å². The van der Waals surface area contributed by atoms with Crippen LogP contribution in [-0.2, 0) is 9.53 Å². The van der Waals surface area contributed by atoms with Crippen molar-refractivity contribution in [2.24, 2.45) is 11.8 Å². The summed E-state index contributed by atoms with van der Waals surface area (Å²) in [5.41, 5.74) is 2.76. The quantitative estimate of drug-likeness (QED) is 0.559. The van der Waals surface area contributed by atoms with Crippen LogP contribution in [0, 0.1) is 11.8 Å². The molecule has 2 aliphatic rings. The van der Waals surface area contributed by atoms with Gasteiger partial charge in [0.05, 0.1) is 0 Å². The molecule has 104 valence electrons. The Morgan fingerprint density at radius 3 is 2.89 bits per heavy atom. The summed E-state index contributed by atoms with van der Waals surface area (Å²) in [4.78, 5) is 11.3. The van der Waals surface area contributed by atoms with Crippen LogP contribution in [0.15, 0.2) is 35.5 Å². The van der Waals surface area contributed by atoms with Gasteiger partial charge in [-0.05, 0) is 43.8 Å². The third kappa shape index (κ3) is 3.17. The van der Waals surface area contributed by atoms with Gasteiger partial charge in [-0.2, -0.15) is 0 Å². The summed E-state index contributed by atoms with van der Waals surface area (Å²) >= 11 is 0. The maximum Gasteiger partial charge on any atom is 0.303 e. The van der Waals surface area contributed by atoms with Crippen LogP contribution in [0.25, 0.3) is 0 Å². The lowest BCUT2D eigenvalue weighted by atomic mass is 9.78. The average Bonchev–Trinajstić information content (AvgIpc) is 2.80. The van der Waals surface area contributed by atoms with E-state index in [4.69, 9.17) is 4.74 Å². The number of allylic oxidation sites excluding steroid dienone is 4. The molecule has 2 heteroatoms. The fourth-order valence-corrected chi connectivity index (χ4v) is 3.22.